The minimum absolute atomic E-state index is 0.0296. The summed E-state index contributed by atoms with van der Waals surface area (Å²) in [6, 6.07) is 3.91. The van der Waals surface area contributed by atoms with Crippen molar-refractivity contribution in [1.29, 1.82) is 0 Å². The molecule has 2 aromatic heterocycles. The van der Waals surface area contributed by atoms with Gasteiger partial charge in [-0.1, -0.05) is 29.3 Å². The fraction of sp³-hybridized carbons (Fsp3) is 0.412. The highest BCUT2D eigenvalue weighted by molar-refractivity contribution is 5.46. The molecule has 0 unspecified atom stereocenters. The predicted molar refractivity (Wildman–Crippen MR) is 84.6 cm³/mol. The zero-order valence-corrected chi connectivity index (χ0v) is 13.7. The van der Waals surface area contributed by atoms with Crippen LogP contribution < -0.4 is 0 Å². The van der Waals surface area contributed by atoms with Crippen molar-refractivity contribution in [3.63, 3.8) is 0 Å². The van der Waals surface area contributed by atoms with E-state index in [4.69, 9.17) is 4.52 Å². The highest BCUT2D eigenvalue weighted by Crippen LogP contribution is 2.47. The third-order valence-corrected chi connectivity index (χ3v) is 4.89. The summed E-state index contributed by atoms with van der Waals surface area (Å²) in [5, 5.41) is 11.9. The first kappa shape index (κ1) is 15.9. The summed E-state index contributed by atoms with van der Waals surface area (Å²) >= 11 is 0. The molecule has 0 N–H and O–H groups in total. The van der Waals surface area contributed by atoms with Crippen molar-refractivity contribution in [1.82, 2.24) is 25.1 Å². The third-order valence-electron chi connectivity index (χ3n) is 4.89. The van der Waals surface area contributed by atoms with Crippen LogP contribution in [0, 0.1) is 11.6 Å². The minimum Gasteiger partial charge on any atom is -0.332 e. The van der Waals surface area contributed by atoms with Crippen LogP contribution in [-0.2, 0) is 12.0 Å². The van der Waals surface area contributed by atoms with Crippen LogP contribution in [0.2, 0.25) is 0 Å². The molecule has 0 amide bonds. The topological polar surface area (TPSA) is 69.6 Å². The number of benzene rings is 1. The van der Waals surface area contributed by atoms with E-state index in [1.165, 1.54) is 24.4 Å². The summed E-state index contributed by atoms with van der Waals surface area (Å²) in [5.74, 6) is -0.584. The molecule has 1 fully saturated rings. The Morgan fingerprint density at radius 3 is 2.60 bits per heavy atom. The molecule has 130 valence electrons. The maximum Gasteiger partial charge on any atom is 0.277 e. The van der Waals surface area contributed by atoms with Crippen LogP contribution in [0.25, 0.3) is 11.6 Å². The summed E-state index contributed by atoms with van der Waals surface area (Å²) in [6.07, 6.45) is 4.40. The molecule has 0 spiro atoms. The molecule has 8 heteroatoms. The standard InChI is InChI=1S/C17H17F2N5O/c1-2-24-13(10-20-23-24)15-21-16(22-25-15)17(8-3-4-9-17)14-11(18)6-5-7-12(14)19/h5-7,10H,2-4,8-9H2,1H3. The Kier molecular flexibility index (Phi) is 3.82. The smallest absolute Gasteiger partial charge is 0.277 e. The Hall–Kier alpha value is -2.64. The van der Waals surface area contributed by atoms with Gasteiger partial charge in [-0.25, -0.2) is 13.5 Å². The van der Waals surface area contributed by atoms with Crippen LogP contribution in [0.3, 0.4) is 0 Å². The molecule has 0 bridgehead atoms. The average Bonchev–Trinajstić information content (AvgIpc) is 3.34. The van der Waals surface area contributed by atoms with Crippen molar-refractivity contribution >= 4 is 0 Å². The lowest BCUT2D eigenvalue weighted by atomic mass is 9.77. The van der Waals surface area contributed by atoms with Gasteiger partial charge in [0.1, 0.15) is 17.3 Å². The van der Waals surface area contributed by atoms with Crippen LogP contribution in [-0.4, -0.2) is 25.1 Å². The molecule has 1 saturated carbocycles. The molecule has 1 aromatic carbocycles. The largest absolute Gasteiger partial charge is 0.332 e. The molecule has 1 aliphatic carbocycles. The zero-order chi connectivity index (χ0) is 17.4. The summed E-state index contributed by atoms with van der Waals surface area (Å²) in [5.41, 5.74) is -0.285. The second-order valence-corrected chi connectivity index (χ2v) is 6.24. The van der Waals surface area contributed by atoms with E-state index >= 15 is 0 Å². The van der Waals surface area contributed by atoms with E-state index < -0.39 is 17.0 Å². The molecule has 0 aliphatic heterocycles. The number of hydrogen-bond acceptors (Lipinski definition) is 5. The zero-order valence-electron chi connectivity index (χ0n) is 13.7. The molecule has 0 atom stereocenters. The van der Waals surface area contributed by atoms with Crippen molar-refractivity contribution in [2.24, 2.45) is 0 Å². The van der Waals surface area contributed by atoms with Gasteiger partial charge in [-0.05, 0) is 31.9 Å². The number of halogens is 2. The Balaban J connectivity index is 1.84. The maximum atomic E-state index is 14.5. The molecule has 2 heterocycles. The minimum atomic E-state index is -0.901. The predicted octanol–water partition coefficient (Wildman–Crippen LogP) is 3.49. The summed E-state index contributed by atoms with van der Waals surface area (Å²) in [7, 11) is 0. The molecule has 1 aliphatic rings. The summed E-state index contributed by atoms with van der Waals surface area (Å²) in [4.78, 5) is 4.46. The first-order chi connectivity index (χ1) is 12.2. The van der Waals surface area contributed by atoms with E-state index in [1.54, 1.807) is 4.68 Å². The monoisotopic (exact) mass is 345 g/mol. The fourth-order valence-electron chi connectivity index (χ4n) is 3.70. The molecule has 0 saturated heterocycles. The fourth-order valence-corrected chi connectivity index (χ4v) is 3.70. The number of nitrogens with zero attached hydrogens (tertiary/aromatic N) is 5. The van der Waals surface area contributed by atoms with Crippen LogP contribution in [0.4, 0.5) is 8.78 Å². The molecule has 4 rings (SSSR count). The quantitative estimate of drug-likeness (QED) is 0.724. The SMILES string of the molecule is CCn1nncc1-c1nc(C2(c3c(F)cccc3F)CCCC2)no1. The Labute approximate surface area is 142 Å². The number of aryl methyl sites for hydroxylation is 1. The second kappa shape index (κ2) is 6.02. The van der Waals surface area contributed by atoms with Crippen LogP contribution >= 0.6 is 0 Å². The van der Waals surface area contributed by atoms with Crippen molar-refractivity contribution < 1.29 is 13.3 Å². The summed E-state index contributed by atoms with van der Waals surface area (Å²) in [6.45, 7) is 2.52. The Morgan fingerprint density at radius 1 is 1.20 bits per heavy atom. The average molecular weight is 345 g/mol. The molecular weight excluding hydrogens is 328 g/mol. The third kappa shape index (κ3) is 2.43. The molecular formula is C17H17F2N5O. The van der Waals surface area contributed by atoms with Gasteiger partial charge in [-0.3, -0.25) is 0 Å². The molecule has 3 aromatic rings. The van der Waals surface area contributed by atoms with Gasteiger partial charge >= 0.3 is 0 Å². The van der Waals surface area contributed by atoms with Gasteiger partial charge in [-0.2, -0.15) is 4.98 Å². The van der Waals surface area contributed by atoms with Crippen molar-refractivity contribution in [3.8, 4) is 11.6 Å². The van der Waals surface area contributed by atoms with Crippen molar-refractivity contribution in [2.75, 3.05) is 0 Å². The number of rotatable bonds is 4. The first-order valence-electron chi connectivity index (χ1n) is 8.33. The van der Waals surface area contributed by atoms with Gasteiger partial charge in [0.2, 0.25) is 0 Å². The Bertz CT molecular complexity index is 878. The lowest BCUT2D eigenvalue weighted by molar-refractivity contribution is 0.379. The van der Waals surface area contributed by atoms with E-state index in [1.807, 2.05) is 6.92 Å². The van der Waals surface area contributed by atoms with Gasteiger partial charge in [0.05, 0.1) is 11.6 Å². The molecule has 6 nitrogen and oxygen atoms in total. The van der Waals surface area contributed by atoms with Crippen molar-refractivity contribution in [2.45, 2.75) is 44.6 Å². The molecule has 0 radical (unpaired) electrons. The van der Waals surface area contributed by atoms with E-state index in [0.717, 1.165) is 12.8 Å². The first-order valence-corrected chi connectivity index (χ1v) is 8.33. The van der Waals surface area contributed by atoms with Gasteiger partial charge in [0.15, 0.2) is 5.82 Å². The Morgan fingerprint density at radius 2 is 1.92 bits per heavy atom. The highest BCUT2D eigenvalue weighted by Gasteiger charge is 2.45. The van der Waals surface area contributed by atoms with Crippen LogP contribution in [0.15, 0.2) is 28.9 Å². The number of hydrogen-bond donors (Lipinski definition) is 0. The van der Waals surface area contributed by atoms with E-state index in [-0.39, 0.29) is 11.5 Å². The van der Waals surface area contributed by atoms with Gasteiger partial charge in [0, 0.05) is 12.1 Å². The second-order valence-electron chi connectivity index (χ2n) is 6.24. The van der Waals surface area contributed by atoms with E-state index in [2.05, 4.69) is 20.5 Å². The molecule has 25 heavy (non-hydrogen) atoms. The normalized spacial score (nSPS) is 16.4. The maximum absolute atomic E-state index is 14.5. The van der Waals surface area contributed by atoms with Crippen LogP contribution in [0.5, 0.6) is 0 Å². The summed E-state index contributed by atoms with van der Waals surface area (Å²) < 4.78 is 36.0. The number of aromatic nitrogens is 5. The van der Waals surface area contributed by atoms with E-state index in [9.17, 15) is 8.78 Å². The van der Waals surface area contributed by atoms with Crippen molar-refractivity contribution in [3.05, 3.63) is 47.4 Å². The van der Waals surface area contributed by atoms with Crippen LogP contribution in [0.1, 0.15) is 44.0 Å². The van der Waals surface area contributed by atoms with Gasteiger partial charge in [-0.15, -0.1) is 5.10 Å². The highest BCUT2D eigenvalue weighted by atomic mass is 19.1. The van der Waals surface area contributed by atoms with Gasteiger partial charge < -0.3 is 4.52 Å². The van der Waals surface area contributed by atoms with E-state index in [0.29, 0.717) is 30.9 Å². The lowest BCUT2D eigenvalue weighted by Crippen LogP contribution is -2.28. The lowest BCUT2D eigenvalue weighted by Gasteiger charge is -2.26. The van der Waals surface area contributed by atoms with Gasteiger partial charge in [0.25, 0.3) is 5.89 Å².